The summed E-state index contributed by atoms with van der Waals surface area (Å²) in [5.41, 5.74) is 3.83. The van der Waals surface area contributed by atoms with Crippen LogP contribution in [0.15, 0.2) is 46.9 Å². The lowest BCUT2D eigenvalue weighted by Gasteiger charge is -2.04. The van der Waals surface area contributed by atoms with Gasteiger partial charge in [-0.2, -0.15) is 0 Å². The Morgan fingerprint density at radius 2 is 2.00 bits per heavy atom. The molecule has 0 saturated heterocycles. The molecule has 0 amide bonds. The van der Waals surface area contributed by atoms with Gasteiger partial charge in [-0.3, -0.25) is 0 Å². The van der Waals surface area contributed by atoms with E-state index in [1.165, 1.54) is 21.2 Å². The number of hydrogen-bond donors (Lipinski definition) is 0. The van der Waals surface area contributed by atoms with E-state index >= 15 is 0 Å². The highest BCUT2D eigenvalue weighted by Gasteiger charge is 2.00. The summed E-state index contributed by atoms with van der Waals surface area (Å²) in [6.07, 6.45) is 0.934. The van der Waals surface area contributed by atoms with E-state index < -0.39 is 0 Å². The molecular formula is C14H12Br. The largest absolute Gasteiger partial charge is 0.0619 e. The summed E-state index contributed by atoms with van der Waals surface area (Å²) in [7, 11) is 0. The average molecular weight is 260 g/mol. The van der Waals surface area contributed by atoms with E-state index in [0.29, 0.717) is 0 Å². The second-order valence-corrected chi connectivity index (χ2v) is 4.51. The summed E-state index contributed by atoms with van der Waals surface area (Å²) in [6.45, 7) is 2.11. The molecule has 0 fully saturated rings. The number of halogens is 1. The molecule has 2 rings (SSSR count). The Kier molecular flexibility index (Phi) is 3.22. The van der Waals surface area contributed by atoms with E-state index in [2.05, 4.69) is 59.3 Å². The minimum absolute atomic E-state index is 0.934. The van der Waals surface area contributed by atoms with Crippen molar-refractivity contribution >= 4 is 15.9 Å². The van der Waals surface area contributed by atoms with Gasteiger partial charge < -0.3 is 0 Å². The molecule has 0 nitrogen and oxygen atoms in total. The van der Waals surface area contributed by atoms with Crippen molar-refractivity contribution in [1.82, 2.24) is 0 Å². The molecule has 0 atom stereocenters. The Morgan fingerprint density at radius 1 is 1.20 bits per heavy atom. The van der Waals surface area contributed by atoms with Crippen molar-refractivity contribution in [2.24, 2.45) is 0 Å². The second kappa shape index (κ2) is 4.63. The van der Waals surface area contributed by atoms with Gasteiger partial charge in [0.1, 0.15) is 0 Å². The fraction of sp³-hybridized carbons (Fsp3) is 0.143. The summed E-state index contributed by atoms with van der Waals surface area (Å²) >= 11 is 3.56. The molecule has 0 aromatic heterocycles. The van der Waals surface area contributed by atoms with E-state index in [9.17, 15) is 0 Å². The molecule has 0 aliphatic rings. The van der Waals surface area contributed by atoms with Crippen molar-refractivity contribution in [2.45, 2.75) is 13.3 Å². The molecule has 2 aromatic carbocycles. The smallest absolute Gasteiger partial charge is 0.0210 e. The van der Waals surface area contributed by atoms with Crippen LogP contribution < -0.4 is 0 Å². The Labute approximate surface area is 99.1 Å². The number of aryl methyl sites for hydroxylation is 1. The lowest BCUT2D eigenvalue weighted by molar-refractivity contribution is 1.16. The minimum atomic E-state index is 0.934. The molecule has 0 aliphatic heterocycles. The van der Waals surface area contributed by atoms with Crippen LogP contribution in [0.3, 0.4) is 0 Å². The van der Waals surface area contributed by atoms with Crippen molar-refractivity contribution in [3.05, 3.63) is 69.7 Å². The van der Waals surface area contributed by atoms with Crippen molar-refractivity contribution in [3.8, 4) is 0 Å². The molecule has 0 aliphatic carbocycles. The Morgan fingerprint density at radius 3 is 2.73 bits per heavy atom. The quantitative estimate of drug-likeness (QED) is 0.761. The standard InChI is InChI=1S/C14H12Br/c1-11-5-4-6-12(9-11)10-13-7-2-3-8-14(13)15/h2-5,7-9H,10H2,1H3. The minimum Gasteiger partial charge on any atom is -0.0619 e. The lowest BCUT2D eigenvalue weighted by atomic mass is 10.0. The van der Waals surface area contributed by atoms with Gasteiger partial charge in [0, 0.05) is 4.47 Å². The molecule has 0 N–H and O–H groups in total. The van der Waals surface area contributed by atoms with Crippen LogP contribution >= 0.6 is 15.9 Å². The summed E-state index contributed by atoms with van der Waals surface area (Å²) in [5, 5.41) is 0. The number of hydrogen-bond acceptors (Lipinski definition) is 0. The Bertz CT molecular complexity index is 460. The average Bonchev–Trinajstić information content (AvgIpc) is 2.22. The van der Waals surface area contributed by atoms with Crippen LogP contribution in [-0.2, 0) is 6.42 Å². The van der Waals surface area contributed by atoms with Crippen LogP contribution in [0.4, 0.5) is 0 Å². The van der Waals surface area contributed by atoms with E-state index in [0.717, 1.165) is 6.42 Å². The highest BCUT2D eigenvalue weighted by Crippen LogP contribution is 2.19. The fourth-order valence-electron chi connectivity index (χ4n) is 1.59. The predicted molar refractivity (Wildman–Crippen MR) is 67.0 cm³/mol. The molecular weight excluding hydrogens is 248 g/mol. The molecule has 0 saturated carbocycles. The van der Waals surface area contributed by atoms with Gasteiger partial charge in [0.2, 0.25) is 0 Å². The van der Waals surface area contributed by atoms with Crippen molar-refractivity contribution in [2.75, 3.05) is 0 Å². The van der Waals surface area contributed by atoms with Gasteiger partial charge >= 0.3 is 0 Å². The third-order valence-corrected chi connectivity index (χ3v) is 3.13. The molecule has 0 spiro atoms. The van der Waals surface area contributed by atoms with Gasteiger partial charge in [0.05, 0.1) is 0 Å². The normalized spacial score (nSPS) is 10.3. The fourth-order valence-corrected chi connectivity index (χ4v) is 2.02. The van der Waals surface area contributed by atoms with Crippen LogP contribution in [0.25, 0.3) is 0 Å². The maximum Gasteiger partial charge on any atom is 0.0210 e. The maximum atomic E-state index is 3.56. The van der Waals surface area contributed by atoms with E-state index in [1.807, 2.05) is 12.1 Å². The first kappa shape index (κ1) is 10.4. The topological polar surface area (TPSA) is 0 Å². The van der Waals surface area contributed by atoms with Gasteiger partial charge in [-0.15, -0.1) is 0 Å². The monoisotopic (exact) mass is 259 g/mol. The molecule has 1 heteroatoms. The highest BCUT2D eigenvalue weighted by atomic mass is 79.9. The molecule has 0 heterocycles. The summed E-state index contributed by atoms with van der Waals surface area (Å²) in [6, 6.07) is 17.8. The van der Waals surface area contributed by atoms with Crippen LogP contribution in [0.5, 0.6) is 0 Å². The van der Waals surface area contributed by atoms with E-state index in [-0.39, 0.29) is 0 Å². The zero-order chi connectivity index (χ0) is 10.7. The van der Waals surface area contributed by atoms with Gasteiger partial charge in [-0.05, 0) is 36.6 Å². The molecule has 1 radical (unpaired) electrons. The van der Waals surface area contributed by atoms with Crippen molar-refractivity contribution < 1.29 is 0 Å². The second-order valence-electron chi connectivity index (χ2n) is 3.66. The van der Waals surface area contributed by atoms with Gasteiger partial charge in [-0.25, -0.2) is 0 Å². The van der Waals surface area contributed by atoms with Crippen LogP contribution in [0, 0.1) is 13.0 Å². The molecule has 75 valence electrons. The summed E-state index contributed by atoms with van der Waals surface area (Å²) < 4.78 is 1.17. The first-order chi connectivity index (χ1) is 7.25. The van der Waals surface area contributed by atoms with E-state index in [4.69, 9.17) is 0 Å². The number of rotatable bonds is 2. The predicted octanol–water partition coefficient (Wildman–Crippen LogP) is 4.15. The molecule has 0 bridgehead atoms. The van der Waals surface area contributed by atoms with Gasteiger partial charge in [0.25, 0.3) is 0 Å². The maximum absolute atomic E-state index is 3.56. The zero-order valence-corrected chi connectivity index (χ0v) is 10.2. The third-order valence-electron chi connectivity index (χ3n) is 2.36. The van der Waals surface area contributed by atoms with Gasteiger partial charge in [0.15, 0.2) is 0 Å². The SMILES string of the molecule is Cc1cc[c]c(Cc2ccccc2Br)c1. The third kappa shape index (κ3) is 2.69. The molecule has 2 aromatic rings. The zero-order valence-electron chi connectivity index (χ0n) is 8.63. The van der Waals surface area contributed by atoms with Crippen LogP contribution in [0.1, 0.15) is 16.7 Å². The summed E-state index contributed by atoms with van der Waals surface area (Å²) in [5.74, 6) is 0. The molecule has 0 unspecified atom stereocenters. The Hall–Kier alpha value is -1.08. The first-order valence-electron chi connectivity index (χ1n) is 4.96. The Balaban J connectivity index is 2.26. The van der Waals surface area contributed by atoms with Crippen molar-refractivity contribution in [1.29, 1.82) is 0 Å². The number of benzene rings is 2. The van der Waals surface area contributed by atoms with Gasteiger partial charge in [-0.1, -0.05) is 57.9 Å². The first-order valence-corrected chi connectivity index (χ1v) is 5.75. The van der Waals surface area contributed by atoms with Crippen molar-refractivity contribution in [3.63, 3.8) is 0 Å². The lowest BCUT2D eigenvalue weighted by Crippen LogP contribution is -1.90. The highest BCUT2D eigenvalue weighted by molar-refractivity contribution is 9.10. The van der Waals surface area contributed by atoms with E-state index in [1.54, 1.807) is 0 Å². The summed E-state index contributed by atoms with van der Waals surface area (Å²) in [4.78, 5) is 0. The van der Waals surface area contributed by atoms with Crippen LogP contribution in [-0.4, -0.2) is 0 Å². The van der Waals surface area contributed by atoms with Crippen LogP contribution in [0.2, 0.25) is 0 Å². The molecule has 15 heavy (non-hydrogen) atoms.